The van der Waals surface area contributed by atoms with E-state index in [9.17, 15) is 8.42 Å². The van der Waals surface area contributed by atoms with Crippen molar-refractivity contribution >= 4 is 27.3 Å². The van der Waals surface area contributed by atoms with E-state index in [1.165, 1.54) is 12.1 Å². The molecule has 8 nitrogen and oxygen atoms in total. The van der Waals surface area contributed by atoms with Crippen LogP contribution in [0, 0.1) is 6.92 Å². The smallest absolute Gasteiger partial charge is 0.238 e. The molecule has 1 aliphatic rings. The summed E-state index contributed by atoms with van der Waals surface area (Å²) in [4.78, 5) is 11.3. The van der Waals surface area contributed by atoms with Crippen molar-refractivity contribution in [3.63, 3.8) is 0 Å². The number of sulfonamides is 1. The Morgan fingerprint density at radius 2 is 1.70 bits per heavy atom. The molecule has 0 saturated carbocycles. The molecule has 1 saturated heterocycles. The lowest BCUT2D eigenvalue weighted by Crippen LogP contribution is -2.36. The predicted molar refractivity (Wildman–Crippen MR) is 116 cm³/mol. The number of nitrogens with zero attached hydrogens (tertiary/aromatic N) is 3. The van der Waals surface area contributed by atoms with E-state index in [0.29, 0.717) is 5.95 Å². The Bertz CT molecular complexity index is 1130. The maximum absolute atomic E-state index is 11.5. The third-order valence-corrected chi connectivity index (χ3v) is 5.86. The van der Waals surface area contributed by atoms with Crippen LogP contribution in [-0.2, 0) is 14.8 Å². The van der Waals surface area contributed by atoms with Crippen molar-refractivity contribution in [1.29, 1.82) is 0 Å². The minimum absolute atomic E-state index is 0.0664. The van der Waals surface area contributed by atoms with Crippen LogP contribution in [0.25, 0.3) is 11.3 Å². The lowest BCUT2D eigenvalue weighted by molar-refractivity contribution is 0.122. The van der Waals surface area contributed by atoms with Crippen LogP contribution in [0.5, 0.6) is 0 Å². The topological polar surface area (TPSA) is 110 Å². The molecular weight excluding hydrogens is 402 g/mol. The highest BCUT2D eigenvalue weighted by molar-refractivity contribution is 7.89. The molecule has 1 aliphatic heterocycles. The molecule has 2 heterocycles. The SMILES string of the molecule is Cc1cnc(Nc2ccc(N3CCOCC3)cc2)nc1-c1ccc(S(N)(=O)=O)cc1. The van der Waals surface area contributed by atoms with Crippen molar-refractivity contribution in [2.24, 2.45) is 5.14 Å². The number of nitrogens with one attached hydrogen (secondary N) is 1. The summed E-state index contributed by atoms with van der Waals surface area (Å²) in [5.41, 5.74) is 4.42. The second-order valence-electron chi connectivity index (χ2n) is 7.07. The van der Waals surface area contributed by atoms with Crippen LogP contribution in [0.1, 0.15) is 5.56 Å². The zero-order chi connectivity index (χ0) is 21.1. The fraction of sp³-hybridized carbons (Fsp3) is 0.238. The van der Waals surface area contributed by atoms with Gasteiger partial charge in [0.05, 0.1) is 23.8 Å². The molecular formula is C21H23N5O3S. The highest BCUT2D eigenvalue weighted by Gasteiger charge is 2.12. The second kappa shape index (κ2) is 8.39. The van der Waals surface area contributed by atoms with E-state index in [4.69, 9.17) is 9.88 Å². The number of nitrogens with two attached hydrogens (primary N) is 1. The Morgan fingerprint density at radius 3 is 2.33 bits per heavy atom. The van der Waals surface area contributed by atoms with Gasteiger partial charge in [0.15, 0.2) is 0 Å². The first-order chi connectivity index (χ1) is 14.4. The van der Waals surface area contributed by atoms with Crippen molar-refractivity contribution in [2.45, 2.75) is 11.8 Å². The fourth-order valence-electron chi connectivity index (χ4n) is 3.30. The lowest BCUT2D eigenvalue weighted by atomic mass is 10.1. The van der Waals surface area contributed by atoms with Crippen LogP contribution >= 0.6 is 0 Å². The summed E-state index contributed by atoms with van der Waals surface area (Å²) >= 11 is 0. The van der Waals surface area contributed by atoms with Crippen molar-refractivity contribution in [3.8, 4) is 11.3 Å². The van der Waals surface area contributed by atoms with Gasteiger partial charge >= 0.3 is 0 Å². The van der Waals surface area contributed by atoms with Crippen LogP contribution in [0.4, 0.5) is 17.3 Å². The summed E-state index contributed by atoms with van der Waals surface area (Å²) in [6, 6.07) is 14.5. The van der Waals surface area contributed by atoms with Gasteiger partial charge in [-0.15, -0.1) is 0 Å². The summed E-state index contributed by atoms with van der Waals surface area (Å²) in [6.45, 7) is 5.18. The Balaban J connectivity index is 1.53. The van der Waals surface area contributed by atoms with Gasteiger partial charge in [0.25, 0.3) is 0 Å². The Morgan fingerprint density at radius 1 is 1.03 bits per heavy atom. The molecule has 9 heteroatoms. The van der Waals surface area contributed by atoms with Crippen LogP contribution < -0.4 is 15.4 Å². The first kappa shape index (κ1) is 20.3. The summed E-state index contributed by atoms with van der Waals surface area (Å²) in [6.07, 6.45) is 1.74. The van der Waals surface area contributed by atoms with Gasteiger partial charge in [-0.3, -0.25) is 0 Å². The molecule has 0 aliphatic carbocycles. The molecule has 30 heavy (non-hydrogen) atoms. The number of morpholine rings is 1. The first-order valence-electron chi connectivity index (χ1n) is 9.57. The standard InChI is InChI=1S/C21H23N5O3S/c1-15-14-23-21(25-20(15)16-2-8-19(9-3-16)30(22,27)28)24-17-4-6-18(7-5-17)26-10-12-29-13-11-26/h2-9,14H,10-13H2,1H3,(H2,22,27,28)(H,23,24,25). The number of hydrogen-bond acceptors (Lipinski definition) is 7. The lowest BCUT2D eigenvalue weighted by Gasteiger charge is -2.28. The van der Waals surface area contributed by atoms with Gasteiger partial charge in [0.1, 0.15) is 0 Å². The Hall–Kier alpha value is -3.01. The molecule has 1 aromatic heterocycles. The summed E-state index contributed by atoms with van der Waals surface area (Å²) in [5.74, 6) is 0.463. The molecule has 0 spiro atoms. The molecule has 1 fully saturated rings. The van der Waals surface area contributed by atoms with E-state index >= 15 is 0 Å². The maximum Gasteiger partial charge on any atom is 0.238 e. The van der Waals surface area contributed by atoms with Gasteiger partial charge in [-0.25, -0.2) is 23.5 Å². The third kappa shape index (κ3) is 4.59. The summed E-state index contributed by atoms with van der Waals surface area (Å²) in [5, 5.41) is 8.40. The number of aromatic nitrogens is 2. The maximum atomic E-state index is 11.5. The van der Waals surface area contributed by atoms with Crippen molar-refractivity contribution < 1.29 is 13.2 Å². The molecule has 2 aromatic carbocycles. The largest absolute Gasteiger partial charge is 0.378 e. The van der Waals surface area contributed by atoms with E-state index in [0.717, 1.165) is 54.5 Å². The average Bonchev–Trinajstić information content (AvgIpc) is 2.76. The van der Waals surface area contributed by atoms with Crippen molar-refractivity contribution in [3.05, 3.63) is 60.3 Å². The minimum Gasteiger partial charge on any atom is -0.378 e. The van der Waals surface area contributed by atoms with Gasteiger partial charge in [-0.2, -0.15) is 0 Å². The average molecular weight is 426 g/mol. The molecule has 3 N–H and O–H groups in total. The second-order valence-corrected chi connectivity index (χ2v) is 8.63. The van der Waals surface area contributed by atoms with Crippen LogP contribution in [-0.4, -0.2) is 44.7 Å². The van der Waals surface area contributed by atoms with Crippen LogP contribution in [0.3, 0.4) is 0 Å². The molecule has 0 radical (unpaired) electrons. The highest BCUT2D eigenvalue weighted by Crippen LogP contribution is 2.25. The van der Waals surface area contributed by atoms with Gasteiger partial charge in [0, 0.05) is 36.2 Å². The fourth-order valence-corrected chi connectivity index (χ4v) is 3.82. The highest BCUT2D eigenvalue weighted by atomic mass is 32.2. The van der Waals surface area contributed by atoms with Gasteiger partial charge < -0.3 is 15.0 Å². The summed E-state index contributed by atoms with van der Waals surface area (Å²) < 4.78 is 28.3. The van der Waals surface area contributed by atoms with E-state index in [1.54, 1.807) is 18.3 Å². The normalized spacial score (nSPS) is 14.5. The minimum atomic E-state index is -3.73. The van der Waals surface area contributed by atoms with Crippen molar-refractivity contribution in [2.75, 3.05) is 36.5 Å². The van der Waals surface area contributed by atoms with Gasteiger partial charge in [0.2, 0.25) is 16.0 Å². The number of aryl methyl sites for hydroxylation is 1. The first-order valence-corrected chi connectivity index (χ1v) is 11.1. The molecule has 0 amide bonds. The number of hydrogen-bond donors (Lipinski definition) is 2. The van der Waals surface area contributed by atoms with E-state index in [-0.39, 0.29) is 4.90 Å². The monoisotopic (exact) mass is 425 g/mol. The summed E-state index contributed by atoms with van der Waals surface area (Å²) in [7, 11) is -3.73. The molecule has 0 atom stereocenters. The van der Waals surface area contributed by atoms with E-state index in [1.807, 2.05) is 19.1 Å². The zero-order valence-corrected chi connectivity index (χ0v) is 17.4. The molecule has 4 rings (SSSR count). The predicted octanol–water partition coefficient (Wildman–Crippen LogP) is 2.68. The van der Waals surface area contributed by atoms with E-state index < -0.39 is 10.0 Å². The molecule has 0 unspecified atom stereocenters. The van der Waals surface area contributed by atoms with Crippen molar-refractivity contribution in [1.82, 2.24) is 9.97 Å². The molecule has 0 bridgehead atoms. The number of anilines is 3. The Labute approximate surface area is 175 Å². The van der Waals surface area contributed by atoms with Gasteiger partial charge in [-0.05, 0) is 48.9 Å². The number of rotatable bonds is 5. The van der Waals surface area contributed by atoms with Crippen LogP contribution in [0.15, 0.2) is 59.6 Å². The zero-order valence-electron chi connectivity index (χ0n) is 16.6. The third-order valence-electron chi connectivity index (χ3n) is 4.93. The quantitative estimate of drug-likeness (QED) is 0.646. The van der Waals surface area contributed by atoms with E-state index in [2.05, 4.69) is 32.3 Å². The van der Waals surface area contributed by atoms with Gasteiger partial charge in [-0.1, -0.05) is 12.1 Å². The molecule has 3 aromatic rings. The number of primary sulfonamides is 1. The Kier molecular flexibility index (Phi) is 5.67. The number of ether oxygens (including phenoxy) is 1. The van der Waals surface area contributed by atoms with Crippen LogP contribution in [0.2, 0.25) is 0 Å². The number of benzene rings is 2. The molecule has 156 valence electrons.